The minimum absolute atomic E-state index is 0.724. The molecule has 90 valence electrons. The van der Waals surface area contributed by atoms with Crippen molar-refractivity contribution < 1.29 is 0 Å². The Hall–Kier alpha value is -0.450. The molecule has 1 atom stereocenters. The summed E-state index contributed by atoms with van der Waals surface area (Å²) in [5.74, 6) is 0. The van der Waals surface area contributed by atoms with Gasteiger partial charge in [-0.3, -0.25) is 0 Å². The highest BCUT2D eigenvalue weighted by molar-refractivity contribution is 7.09. The van der Waals surface area contributed by atoms with Crippen molar-refractivity contribution in [2.75, 3.05) is 26.7 Å². The van der Waals surface area contributed by atoms with Crippen LogP contribution < -0.4 is 5.32 Å². The fourth-order valence-corrected chi connectivity index (χ4v) is 3.01. The van der Waals surface area contributed by atoms with E-state index in [9.17, 15) is 0 Å². The van der Waals surface area contributed by atoms with Crippen LogP contribution in [-0.4, -0.2) is 42.6 Å². The maximum atomic E-state index is 4.29. The van der Waals surface area contributed by atoms with Gasteiger partial charge < -0.3 is 10.2 Å². The lowest BCUT2D eigenvalue weighted by molar-refractivity contribution is 0.205. The first-order chi connectivity index (χ1) is 7.77. The third kappa shape index (κ3) is 3.03. The average molecular weight is 239 g/mol. The van der Waals surface area contributed by atoms with Gasteiger partial charge >= 0.3 is 0 Å². The first-order valence-corrected chi connectivity index (χ1v) is 6.95. The Balaban J connectivity index is 1.78. The number of hydrogen-bond acceptors (Lipinski definition) is 4. The van der Waals surface area contributed by atoms with Crippen LogP contribution in [0.4, 0.5) is 0 Å². The van der Waals surface area contributed by atoms with Crippen molar-refractivity contribution in [3.05, 3.63) is 16.1 Å². The average Bonchev–Trinajstić information content (AvgIpc) is 2.73. The van der Waals surface area contributed by atoms with Crippen molar-refractivity contribution in [3.8, 4) is 0 Å². The predicted octanol–water partition coefficient (Wildman–Crippen LogP) is 1.68. The van der Waals surface area contributed by atoms with Crippen molar-refractivity contribution in [3.63, 3.8) is 0 Å². The van der Waals surface area contributed by atoms with Gasteiger partial charge in [0, 0.05) is 24.0 Å². The fourth-order valence-electron chi connectivity index (χ4n) is 2.24. The third-order valence-electron chi connectivity index (χ3n) is 3.43. The van der Waals surface area contributed by atoms with E-state index in [0.29, 0.717) is 0 Å². The summed E-state index contributed by atoms with van der Waals surface area (Å²) >= 11 is 1.78. The van der Waals surface area contributed by atoms with Gasteiger partial charge in [0.25, 0.3) is 0 Å². The van der Waals surface area contributed by atoms with Crippen LogP contribution in [-0.2, 0) is 6.42 Å². The summed E-state index contributed by atoms with van der Waals surface area (Å²) in [6.07, 6.45) is 3.79. The maximum absolute atomic E-state index is 4.29. The molecule has 1 N–H and O–H groups in total. The molecule has 0 unspecified atom stereocenters. The quantitative estimate of drug-likeness (QED) is 0.866. The summed E-state index contributed by atoms with van der Waals surface area (Å²) in [6, 6.07) is 0.724. The van der Waals surface area contributed by atoms with E-state index in [4.69, 9.17) is 0 Å². The number of thiazole rings is 1. The van der Waals surface area contributed by atoms with Gasteiger partial charge in [0.1, 0.15) is 0 Å². The molecule has 0 bridgehead atoms. The molecule has 3 nitrogen and oxygen atoms in total. The number of aryl methyl sites for hydroxylation is 1. The third-order valence-corrected chi connectivity index (χ3v) is 4.43. The number of hydrogen-bond donors (Lipinski definition) is 1. The maximum Gasteiger partial charge on any atom is 0.0797 e. The van der Waals surface area contributed by atoms with Crippen LogP contribution in [0.15, 0.2) is 5.51 Å². The van der Waals surface area contributed by atoms with Crippen LogP contribution in [0.3, 0.4) is 0 Å². The number of rotatable bonds is 4. The minimum atomic E-state index is 0.724. The lowest BCUT2D eigenvalue weighted by Gasteiger charge is -2.31. The van der Waals surface area contributed by atoms with Crippen molar-refractivity contribution in [1.29, 1.82) is 0 Å². The van der Waals surface area contributed by atoms with E-state index in [0.717, 1.165) is 25.6 Å². The molecule has 1 aliphatic rings. The number of nitrogens with zero attached hydrogens (tertiary/aromatic N) is 2. The molecule has 4 heteroatoms. The molecule has 0 aliphatic carbocycles. The Morgan fingerprint density at radius 1 is 1.62 bits per heavy atom. The zero-order valence-electron chi connectivity index (χ0n) is 10.2. The number of nitrogens with one attached hydrogen (secondary N) is 1. The minimum Gasteiger partial charge on any atom is -0.315 e. The summed E-state index contributed by atoms with van der Waals surface area (Å²) in [6.45, 7) is 5.60. The molecular formula is C12H21N3S. The van der Waals surface area contributed by atoms with E-state index in [1.54, 1.807) is 11.3 Å². The largest absolute Gasteiger partial charge is 0.315 e. The van der Waals surface area contributed by atoms with Crippen LogP contribution in [0.2, 0.25) is 0 Å². The lowest BCUT2D eigenvalue weighted by atomic mass is 10.1. The summed E-state index contributed by atoms with van der Waals surface area (Å²) in [4.78, 5) is 8.23. The monoisotopic (exact) mass is 239 g/mol. The molecule has 0 saturated carbocycles. The van der Waals surface area contributed by atoms with E-state index in [1.807, 2.05) is 5.51 Å². The van der Waals surface area contributed by atoms with E-state index in [-0.39, 0.29) is 0 Å². The van der Waals surface area contributed by atoms with Crippen LogP contribution in [0.5, 0.6) is 0 Å². The van der Waals surface area contributed by atoms with Crippen molar-refractivity contribution in [1.82, 2.24) is 15.2 Å². The normalized spacial score (nSPS) is 21.6. The highest BCUT2D eigenvalue weighted by Crippen LogP contribution is 2.15. The Kier molecular flexibility index (Phi) is 4.32. The number of aromatic nitrogens is 1. The molecular weight excluding hydrogens is 218 g/mol. The Morgan fingerprint density at radius 2 is 2.50 bits per heavy atom. The molecule has 1 aromatic rings. The highest BCUT2D eigenvalue weighted by atomic mass is 32.1. The molecule has 0 spiro atoms. The molecule has 0 aromatic carbocycles. The Labute approximate surface area is 102 Å². The van der Waals surface area contributed by atoms with Gasteiger partial charge in [-0.1, -0.05) is 0 Å². The standard InChI is InChI=1S/C12H21N3S/c1-10-12(16-9-14-10)5-7-15(2)11-4-3-6-13-8-11/h9,11,13H,3-8H2,1-2H3/t11-/m0/s1. The van der Waals surface area contributed by atoms with Crippen LogP contribution in [0.25, 0.3) is 0 Å². The summed E-state index contributed by atoms with van der Waals surface area (Å²) < 4.78 is 0. The van der Waals surface area contributed by atoms with Gasteiger partial charge in [0.15, 0.2) is 0 Å². The zero-order chi connectivity index (χ0) is 11.4. The van der Waals surface area contributed by atoms with E-state index >= 15 is 0 Å². The van der Waals surface area contributed by atoms with Gasteiger partial charge in [-0.25, -0.2) is 4.98 Å². The first-order valence-electron chi connectivity index (χ1n) is 6.07. The molecule has 1 fully saturated rings. The molecule has 1 saturated heterocycles. The molecule has 2 heterocycles. The van der Waals surface area contributed by atoms with E-state index in [2.05, 4.69) is 29.2 Å². The summed E-state index contributed by atoms with van der Waals surface area (Å²) in [5.41, 5.74) is 3.16. The van der Waals surface area contributed by atoms with Gasteiger partial charge in [-0.15, -0.1) is 11.3 Å². The topological polar surface area (TPSA) is 28.2 Å². The zero-order valence-corrected chi connectivity index (χ0v) is 11.0. The highest BCUT2D eigenvalue weighted by Gasteiger charge is 2.17. The van der Waals surface area contributed by atoms with Crippen LogP contribution in [0, 0.1) is 6.92 Å². The van der Waals surface area contributed by atoms with E-state index < -0.39 is 0 Å². The number of likely N-dealkylation sites (N-methyl/N-ethyl adjacent to an activating group) is 1. The fraction of sp³-hybridized carbons (Fsp3) is 0.750. The Bertz CT molecular complexity index is 318. The van der Waals surface area contributed by atoms with Gasteiger partial charge in [-0.05, 0) is 39.8 Å². The van der Waals surface area contributed by atoms with E-state index in [1.165, 1.54) is 30.0 Å². The molecule has 1 aliphatic heterocycles. The molecule has 16 heavy (non-hydrogen) atoms. The predicted molar refractivity (Wildman–Crippen MR) is 69.1 cm³/mol. The second-order valence-corrected chi connectivity index (χ2v) is 5.53. The van der Waals surface area contributed by atoms with Crippen molar-refractivity contribution >= 4 is 11.3 Å². The SMILES string of the molecule is Cc1ncsc1CCN(C)[C@H]1CCCNC1. The lowest BCUT2D eigenvalue weighted by Crippen LogP contribution is -2.44. The summed E-state index contributed by atoms with van der Waals surface area (Å²) in [7, 11) is 2.24. The second kappa shape index (κ2) is 5.75. The number of piperidine rings is 1. The second-order valence-electron chi connectivity index (χ2n) is 4.59. The first kappa shape index (κ1) is 12.0. The van der Waals surface area contributed by atoms with Crippen LogP contribution in [0.1, 0.15) is 23.4 Å². The molecule has 1 aromatic heterocycles. The smallest absolute Gasteiger partial charge is 0.0797 e. The molecule has 2 rings (SSSR count). The van der Waals surface area contributed by atoms with Crippen molar-refractivity contribution in [2.45, 2.75) is 32.2 Å². The van der Waals surface area contributed by atoms with Crippen molar-refractivity contribution in [2.24, 2.45) is 0 Å². The molecule has 0 radical (unpaired) electrons. The Morgan fingerprint density at radius 3 is 3.12 bits per heavy atom. The molecule has 0 amide bonds. The summed E-state index contributed by atoms with van der Waals surface area (Å²) in [5, 5.41) is 3.47. The van der Waals surface area contributed by atoms with Crippen LogP contribution >= 0.6 is 11.3 Å². The van der Waals surface area contributed by atoms with Gasteiger partial charge in [0.05, 0.1) is 11.2 Å². The van der Waals surface area contributed by atoms with Gasteiger partial charge in [0.2, 0.25) is 0 Å². The van der Waals surface area contributed by atoms with Gasteiger partial charge in [-0.2, -0.15) is 0 Å².